The van der Waals surface area contributed by atoms with Crippen molar-refractivity contribution in [3.63, 3.8) is 0 Å². The maximum absolute atomic E-state index is 14.6. The van der Waals surface area contributed by atoms with Crippen LogP contribution in [0.1, 0.15) is 61.8 Å². The molecule has 7 N–H and O–H groups in total. The predicted octanol–water partition coefficient (Wildman–Crippen LogP) is 1.49. The Morgan fingerprint density at radius 3 is 2.23 bits per heavy atom. The van der Waals surface area contributed by atoms with Crippen LogP contribution in [-0.2, 0) is 23.8 Å². The van der Waals surface area contributed by atoms with Crippen LogP contribution in [0, 0.1) is 105 Å². The van der Waals surface area contributed by atoms with Crippen molar-refractivity contribution in [2.45, 2.75) is 94.4 Å². The molecule has 1 aromatic carbocycles. The van der Waals surface area contributed by atoms with Gasteiger partial charge in [0.15, 0.2) is 11.9 Å². The number of rotatable bonds is 7. The Kier molecular flexibility index (Phi) is 13.5. The number of carboxylic acid groups (broad SMARTS) is 1. The average Bonchev–Trinajstić information content (AvgIpc) is 3.60. The summed E-state index contributed by atoms with van der Waals surface area (Å²) in [5.41, 5.74) is -7.59. The third kappa shape index (κ3) is 6.95. The molecule has 1 amide bonds. The molecule has 0 unspecified atom stereocenters. The van der Waals surface area contributed by atoms with Crippen molar-refractivity contribution in [2.24, 2.45) is 16.7 Å². The van der Waals surface area contributed by atoms with Crippen molar-refractivity contribution in [3.05, 3.63) is 69.4 Å². The third-order valence-corrected chi connectivity index (χ3v) is 12.5. The average molecular weight is 1170 g/mol. The van der Waals surface area contributed by atoms with Gasteiger partial charge >= 0.3 is 18.0 Å². The molecule has 14 nitrogen and oxygen atoms in total. The van der Waals surface area contributed by atoms with Crippen LogP contribution in [0.3, 0.4) is 0 Å². The first-order valence-corrected chi connectivity index (χ1v) is 17.1. The van der Waals surface area contributed by atoms with E-state index in [0.717, 1.165) is 11.3 Å². The number of esters is 2. The fourth-order valence-electron chi connectivity index (χ4n) is 8.63. The van der Waals surface area contributed by atoms with Gasteiger partial charge in [-0.05, 0) is 48.6 Å². The molecule has 17 heteroatoms. The first-order chi connectivity index (χ1) is 23.4. The Balaban J connectivity index is 0.00000302. The van der Waals surface area contributed by atoms with Crippen LogP contribution in [0.25, 0.3) is 0 Å². The third-order valence-electron chi connectivity index (χ3n) is 11.6. The van der Waals surface area contributed by atoms with Crippen molar-refractivity contribution in [2.75, 3.05) is 6.61 Å². The topological polar surface area (TPSA) is 229 Å². The Morgan fingerprint density at radius 1 is 1.02 bits per heavy atom. The second-order valence-corrected chi connectivity index (χ2v) is 15.4. The SMILES string of the molecule is CC1=C2[C@@H](O)C(=O)[C@@]3(C)[C@H]([C@H](OC(=O)c4ccccc4)[C@](O)(C[C@@H]1OC(=O)[C@H](O)[C@@H](NC(=O)O)c1cccs1)C2(C)C)[C@]1(O)CO[C@@H]1C[C@@H]3O.[Ac].[Ac]. The summed E-state index contributed by atoms with van der Waals surface area (Å²) in [6.45, 7) is 5.59. The quantitative estimate of drug-likeness (QED) is 0.154. The van der Waals surface area contributed by atoms with E-state index >= 15 is 0 Å². The summed E-state index contributed by atoms with van der Waals surface area (Å²) in [6.07, 6.45) is -11.9. The number of aliphatic hydroxyl groups excluding tert-OH is 3. The predicted molar refractivity (Wildman–Crippen MR) is 174 cm³/mol. The van der Waals surface area contributed by atoms with E-state index in [4.69, 9.17) is 14.2 Å². The maximum Gasteiger partial charge on any atom is 0.405 e. The monoisotopic (exact) mass is 1170 g/mol. The number of carbonyl (C=O) groups is 4. The number of ether oxygens (including phenoxy) is 3. The molecule has 1 aliphatic heterocycles. The number of ketones is 1. The first kappa shape index (κ1) is 43.9. The number of nitrogens with one attached hydrogen (secondary N) is 1. The zero-order valence-electron chi connectivity index (χ0n) is 29.0. The number of carbonyl (C=O) groups excluding carboxylic acids is 3. The maximum atomic E-state index is 14.6. The van der Waals surface area contributed by atoms with Gasteiger partial charge in [-0.3, -0.25) is 4.79 Å². The first-order valence-electron chi connectivity index (χ1n) is 16.2. The normalized spacial score (nSPS) is 35.7. The minimum absolute atomic E-state index is 0. The molecule has 2 radical (unpaired) electrons. The van der Waals surface area contributed by atoms with Gasteiger partial charge in [-0.2, -0.15) is 0 Å². The summed E-state index contributed by atoms with van der Waals surface area (Å²) >= 11 is 1.09. The summed E-state index contributed by atoms with van der Waals surface area (Å²) in [7, 11) is 0. The number of fused-ring (bicyclic) bond motifs is 5. The van der Waals surface area contributed by atoms with Gasteiger partial charge in [0.25, 0.3) is 0 Å². The Morgan fingerprint density at radius 2 is 1.67 bits per heavy atom. The van der Waals surface area contributed by atoms with Gasteiger partial charge in [0.05, 0.1) is 29.8 Å². The van der Waals surface area contributed by atoms with Crippen LogP contribution in [-0.4, -0.2) is 109 Å². The van der Waals surface area contributed by atoms with Gasteiger partial charge in [0.2, 0.25) is 0 Å². The van der Waals surface area contributed by atoms with E-state index in [9.17, 15) is 49.8 Å². The molecule has 3 aliphatic carbocycles. The van der Waals surface area contributed by atoms with E-state index in [-0.39, 0.29) is 118 Å². The number of hydrogen-bond acceptors (Lipinski definition) is 13. The summed E-state index contributed by atoms with van der Waals surface area (Å²) < 4.78 is 17.5. The molecule has 0 spiro atoms. The molecular weight excluding hydrogens is 1130 g/mol. The fraction of sp³-hybridized carbons (Fsp3) is 0.543. The van der Waals surface area contributed by atoms with Crippen LogP contribution in [0.2, 0.25) is 0 Å². The number of aliphatic hydroxyl groups is 5. The van der Waals surface area contributed by atoms with E-state index in [2.05, 4.69) is 5.32 Å². The number of hydrogen-bond donors (Lipinski definition) is 7. The van der Waals surface area contributed by atoms with Gasteiger partial charge in [0.1, 0.15) is 35.6 Å². The van der Waals surface area contributed by atoms with Gasteiger partial charge < -0.3 is 50.2 Å². The van der Waals surface area contributed by atoms with Crippen LogP contribution in [0.5, 0.6) is 0 Å². The van der Waals surface area contributed by atoms with Crippen molar-refractivity contribution >= 4 is 35.2 Å². The molecule has 3 fully saturated rings. The van der Waals surface area contributed by atoms with Gasteiger partial charge in [-0.15, -0.1) is 11.3 Å². The molecule has 11 atom stereocenters. The molecule has 52 heavy (non-hydrogen) atoms. The Bertz CT molecular complexity index is 1720. The van der Waals surface area contributed by atoms with Crippen LogP contribution in [0.15, 0.2) is 59.0 Å². The standard InChI is InChI=1S/C35H41NO13S.2Ac/c1-16-18(48-30(42)25(39)23(36-31(43)44)19-11-8-12-50-19)14-35(46)28(49-29(41)17-9-6-5-7-10-17)26-33(4,20(37)13-21-34(26,45)15-47-21)27(40)24(38)22(16)32(35,2)3;;/h5-12,18,20-21,23-26,28,36-39,45-46H,13-15H2,1-4H3,(H,43,44);;/t18-,20-,21+,23-,24+,25+,26-,28-,33+,34-,35+;;/m0../s1. The van der Waals surface area contributed by atoms with Crippen molar-refractivity contribution in [1.82, 2.24) is 5.32 Å². The number of Topliss-reactive ketones (excluding diaryl/α,β-unsaturated/α-hetero) is 1. The fourth-order valence-corrected chi connectivity index (χ4v) is 9.44. The van der Waals surface area contributed by atoms with Crippen molar-refractivity contribution < 1.29 is 152 Å². The van der Waals surface area contributed by atoms with Crippen LogP contribution in [0.4, 0.5) is 4.79 Å². The van der Waals surface area contributed by atoms with Gasteiger partial charge in [0, 0.05) is 117 Å². The molecule has 2 bridgehead atoms. The smallest absolute Gasteiger partial charge is 0.405 e. The van der Waals surface area contributed by atoms with E-state index in [1.54, 1.807) is 29.6 Å². The second kappa shape index (κ2) is 16.0. The second-order valence-electron chi connectivity index (χ2n) is 14.4. The number of amides is 1. The molecule has 2 saturated carbocycles. The summed E-state index contributed by atoms with van der Waals surface area (Å²) in [4.78, 5) is 53.8. The summed E-state index contributed by atoms with van der Waals surface area (Å²) in [5.74, 6) is -4.62. The molecular formula is C35H41Ac2NO13S. The molecule has 1 aromatic heterocycles. The number of thiophene rings is 1. The Hall–Kier alpha value is -0.817. The zero-order chi connectivity index (χ0) is 36.6. The minimum atomic E-state index is -2.31. The zero-order valence-corrected chi connectivity index (χ0v) is 39.3. The Labute approximate surface area is 375 Å². The molecule has 1 saturated heterocycles. The van der Waals surface area contributed by atoms with E-state index in [0.29, 0.717) is 4.88 Å². The van der Waals surface area contributed by atoms with Crippen molar-refractivity contribution in [1.29, 1.82) is 0 Å². The van der Waals surface area contributed by atoms with E-state index in [1.807, 2.05) is 0 Å². The van der Waals surface area contributed by atoms with Crippen LogP contribution < -0.4 is 5.32 Å². The molecule has 2 heterocycles. The van der Waals surface area contributed by atoms with Crippen molar-refractivity contribution in [3.8, 4) is 0 Å². The molecule has 4 aliphatic rings. The molecule has 276 valence electrons. The minimum Gasteiger partial charge on any atom is -0.465 e. The molecule has 2 aromatic rings. The van der Waals surface area contributed by atoms with Crippen LogP contribution >= 0.6 is 11.3 Å². The van der Waals surface area contributed by atoms with E-state index in [1.165, 1.54) is 45.9 Å². The number of benzene rings is 1. The van der Waals surface area contributed by atoms with Gasteiger partial charge in [-0.25, -0.2) is 14.4 Å². The summed E-state index contributed by atoms with van der Waals surface area (Å²) in [6, 6.07) is 9.54. The summed E-state index contributed by atoms with van der Waals surface area (Å²) in [5, 5.41) is 72.9. The largest absolute Gasteiger partial charge is 0.465 e. The molecule has 6 rings (SSSR count). The van der Waals surface area contributed by atoms with E-state index < -0.39 is 101 Å². The van der Waals surface area contributed by atoms with Gasteiger partial charge in [-0.1, -0.05) is 38.1 Å².